The van der Waals surface area contributed by atoms with E-state index in [0.717, 1.165) is 12.5 Å². The summed E-state index contributed by atoms with van der Waals surface area (Å²) in [5, 5.41) is 0. The Kier molecular flexibility index (Phi) is 31.5. The third-order valence-electron chi connectivity index (χ3n) is 5.10. The summed E-state index contributed by atoms with van der Waals surface area (Å²) < 4.78 is 58.4. The van der Waals surface area contributed by atoms with Gasteiger partial charge in [-0.15, -0.1) is 0 Å². The predicted molar refractivity (Wildman–Crippen MR) is 149 cm³/mol. The second kappa shape index (κ2) is 32.8. The Morgan fingerprint density at radius 2 is 0.732 bits per heavy atom. The minimum absolute atomic E-state index is 0.0759. The second-order valence-corrected chi connectivity index (χ2v) is 8.36. The first-order chi connectivity index (χ1) is 20.1. The quantitative estimate of drug-likeness (QED) is 0.0615. The number of hydrogen-bond donors (Lipinski definition) is 0. The number of hydrogen-bond acceptors (Lipinski definition) is 13. The van der Waals surface area contributed by atoms with Crippen molar-refractivity contribution in [3.05, 3.63) is 12.7 Å². The molecule has 0 aromatic heterocycles. The highest BCUT2D eigenvalue weighted by molar-refractivity contribution is 5.81. The van der Waals surface area contributed by atoms with E-state index in [1.165, 1.54) is 0 Å². The van der Waals surface area contributed by atoms with Gasteiger partial charge in [0, 0.05) is 6.08 Å². The minimum Gasteiger partial charge on any atom is -0.463 e. The van der Waals surface area contributed by atoms with Crippen LogP contribution in [0.15, 0.2) is 12.7 Å². The lowest BCUT2D eigenvalue weighted by Gasteiger charge is -2.10. The molecule has 0 aliphatic carbocycles. The molecule has 13 heteroatoms. The molecule has 0 aliphatic rings. The molecule has 1 atom stereocenters. The molecule has 0 saturated heterocycles. The van der Waals surface area contributed by atoms with Crippen LogP contribution in [0.25, 0.3) is 0 Å². The highest BCUT2D eigenvalue weighted by Gasteiger charge is 2.11. The monoisotopic (exact) mass is 596 g/mol. The minimum atomic E-state index is -0.461. The van der Waals surface area contributed by atoms with Gasteiger partial charge in [0.1, 0.15) is 13.2 Å². The Labute approximate surface area is 244 Å². The van der Waals surface area contributed by atoms with Crippen LogP contribution in [-0.4, -0.2) is 144 Å². The van der Waals surface area contributed by atoms with E-state index < -0.39 is 5.97 Å². The summed E-state index contributed by atoms with van der Waals surface area (Å²) in [4.78, 5) is 22.3. The Hall–Kier alpha value is -1.68. The number of ether oxygens (including phenoxy) is 11. The summed E-state index contributed by atoms with van der Waals surface area (Å²) >= 11 is 0. The first-order valence-electron chi connectivity index (χ1n) is 14.3. The van der Waals surface area contributed by atoms with Crippen molar-refractivity contribution in [1.82, 2.24) is 0 Å². The third kappa shape index (κ3) is 31.1. The molecule has 0 N–H and O–H groups in total. The van der Waals surface area contributed by atoms with Crippen LogP contribution in [0.5, 0.6) is 0 Å². The molecule has 0 fully saturated rings. The zero-order valence-electron chi connectivity index (χ0n) is 25.0. The molecule has 0 radical (unpaired) electrons. The lowest BCUT2D eigenvalue weighted by Crippen LogP contribution is -2.18. The van der Waals surface area contributed by atoms with Crippen LogP contribution >= 0.6 is 0 Å². The lowest BCUT2D eigenvalue weighted by atomic mass is 10.1. The standard InChI is InChI=1S/C28H52O13/c1-4-26(3)28(30)41-25-23-39-21-19-37-17-15-35-13-11-33-9-7-31-6-8-32-10-12-34-14-16-36-18-20-38-22-24-40-27(29)5-2/h5,26H,2,4,6-25H2,1,3H3. The average Bonchev–Trinajstić information content (AvgIpc) is 2.99. The topological polar surface area (TPSA) is 136 Å². The Bertz CT molecular complexity index is 591. The Balaban J connectivity index is 3.10. The highest BCUT2D eigenvalue weighted by atomic mass is 16.6. The van der Waals surface area contributed by atoms with E-state index in [-0.39, 0.29) is 25.1 Å². The van der Waals surface area contributed by atoms with Crippen LogP contribution in [0.1, 0.15) is 20.3 Å². The van der Waals surface area contributed by atoms with Crippen LogP contribution in [0.2, 0.25) is 0 Å². The van der Waals surface area contributed by atoms with E-state index in [2.05, 4.69) is 6.58 Å². The van der Waals surface area contributed by atoms with Gasteiger partial charge in [0.25, 0.3) is 0 Å². The van der Waals surface area contributed by atoms with Crippen LogP contribution in [0.4, 0.5) is 0 Å². The first kappa shape index (κ1) is 39.3. The van der Waals surface area contributed by atoms with Crippen LogP contribution in [0.3, 0.4) is 0 Å². The first-order valence-corrected chi connectivity index (χ1v) is 14.3. The smallest absolute Gasteiger partial charge is 0.330 e. The number of carbonyl (C=O) groups excluding carboxylic acids is 2. The van der Waals surface area contributed by atoms with Gasteiger partial charge in [-0.05, 0) is 6.42 Å². The molecular formula is C28H52O13. The van der Waals surface area contributed by atoms with Gasteiger partial charge in [0.15, 0.2) is 0 Å². The van der Waals surface area contributed by atoms with Gasteiger partial charge < -0.3 is 52.1 Å². The van der Waals surface area contributed by atoms with Gasteiger partial charge >= 0.3 is 11.9 Å². The van der Waals surface area contributed by atoms with Crippen LogP contribution < -0.4 is 0 Å². The SMILES string of the molecule is C=CC(=O)OCCOCCOCCOCCOCCOCCOCCOCCOCCOCCOC(=O)C(C)CC. The Morgan fingerprint density at radius 1 is 0.488 bits per heavy atom. The van der Waals surface area contributed by atoms with E-state index in [0.29, 0.717) is 119 Å². The van der Waals surface area contributed by atoms with Gasteiger partial charge in [0.05, 0.1) is 125 Å². The maximum absolute atomic E-state index is 11.5. The van der Waals surface area contributed by atoms with E-state index in [1.807, 2.05) is 13.8 Å². The van der Waals surface area contributed by atoms with Gasteiger partial charge in [-0.2, -0.15) is 0 Å². The predicted octanol–water partition coefficient (Wildman–Crippen LogP) is 1.45. The molecule has 0 saturated carbocycles. The van der Waals surface area contributed by atoms with Crippen molar-refractivity contribution in [2.75, 3.05) is 132 Å². The molecule has 0 aromatic carbocycles. The van der Waals surface area contributed by atoms with Crippen LogP contribution in [-0.2, 0) is 61.7 Å². The summed E-state index contributed by atoms with van der Waals surface area (Å²) in [6, 6.07) is 0. The van der Waals surface area contributed by atoms with Gasteiger partial charge in [0.2, 0.25) is 0 Å². The molecule has 0 rings (SSSR count). The van der Waals surface area contributed by atoms with Crippen LogP contribution in [0, 0.1) is 5.92 Å². The third-order valence-corrected chi connectivity index (χ3v) is 5.10. The van der Waals surface area contributed by atoms with Crippen molar-refractivity contribution in [2.24, 2.45) is 5.92 Å². The van der Waals surface area contributed by atoms with E-state index in [1.54, 1.807) is 0 Å². The van der Waals surface area contributed by atoms with Crippen molar-refractivity contribution in [2.45, 2.75) is 20.3 Å². The molecule has 0 bridgehead atoms. The Morgan fingerprint density at radius 3 is 0.976 bits per heavy atom. The fourth-order valence-electron chi connectivity index (χ4n) is 2.63. The fraction of sp³-hybridized carbons (Fsp3) is 0.857. The summed E-state index contributed by atoms with van der Waals surface area (Å²) in [5.74, 6) is -0.725. The average molecular weight is 597 g/mol. The number of rotatable bonds is 33. The summed E-state index contributed by atoms with van der Waals surface area (Å²) in [5.41, 5.74) is 0. The summed E-state index contributed by atoms with van der Waals surface area (Å²) in [6.45, 7) is 15.8. The molecule has 0 amide bonds. The molecule has 242 valence electrons. The fourth-order valence-corrected chi connectivity index (χ4v) is 2.63. The second-order valence-electron chi connectivity index (χ2n) is 8.36. The molecular weight excluding hydrogens is 544 g/mol. The van der Waals surface area contributed by atoms with Gasteiger partial charge in [-0.3, -0.25) is 4.79 Å². The number of carbonyl (C=O) groups is 2. The van der Waals surface area contributed by atoms with Gasteiger partial charge in [-0.1, -0.05) is 20.4 Å². The van der Waals surface area contributed by atoms with Crippen molar-refractivity contribution >= 4 is 11.9 Å². The molecule has 0 heterocycles. The van der Waals surface area contributed by atoms with Crippen molar-refractivity contribution < 1.29 is 61.7 Å². The van der Waals surface area contributed by atoms with Gasteiger partial charge in [-0.25, -0.2) is 4.79 Å². The molecule has 1 unspecified atom stereocenters. The zero-order chi connectivity index (χ0) is 30.1. The summed E-state index contributed by atoms with van der Waals surface area (Å²) in [7, 11) is 0. The highest BCUT2D eigenvalue weighted by Crippen LogP contribution is 2.02. The summed E-state index contributed by atoms with van der Waals surface area (Å²) in [6.07, 6.45) is 1.88. The molecule has 0 spiro atoms. The van der Waals surface area contributed by atoms with E-state index >= 15 is 0 Å². The lowest BCUT2D eigenvalue weighted by molar-refractivity contribution is -0.149. The largest absolute Gasteiger partial charge is 0.463 e. The number of esters is 2. The maximum atomic E-state index is 11.5. The van der Waals surface area contributed by atoms with Crippen molar-refractivity contribution in [3.63, 3.8) is 0 Å². The maximum Gasteiger partial charge on any atom is 0.330 e. The zero-order valence-corrected chi connectivity index (χ0v) is 25.0. The molecule has 0 aliphatic heterocycles. The molecule has 0 aromatic rings. The molecule has 41 heavy (non-hydrogen) atoms. The molecule has 13 nitrogen and oxygen atoms in total. The van der Waals surface area contributed by atoms with E-state index in [9.17, 15) is 9.59 Å². The van der Waals surface area contributed by atoms with Crippen molar-refractivity contribution in [1.29, 1.82) is 0 Å². The normalized spacial score (nSPS) is 11.9. The van der Waals surface area contributed by atoms with Crippen molar-refractivity contribution in [3.8, 4) is 0 Å². The van der Waals surface area contributed by atoms with E-state index in [4.69, 9.17) is 52.1 Å².